The molecule has 0 radical (unpaired) electrons. The first-order valence-corrected chi connectivity index (χ1v) is 9.63. The summed E-state index contributed by atoms with van der Waals surface area (Å²) in [6.45, 7) is 1.70. The van der Waals surface area contributed by atoms with Crippen molar-refractivity contribution in [3.05, 3.63) is 76.2 Å². The summed E-state index contributed by atoms with van der Waals surface area (Å²) in [7, 11) is 1.49. The number of hydrogen-bond acceptors (Lipinski definition) is 4. The zero-order valence-electron chi connectivity index (χ0n) is 16.5. The van der Waals surface area contributed by atoms with E-state index >= 15 is 0 Å². The molecule has 0 spiro atoms. The van der Waals surface area contributed by atoms with E-state index in [9.17, 15) is 19.1 Å². The lowest BCUT2D eigenvalue weighted by atomic mass is 9.99. The number of carbonyl (C=O) groups excluding carboxylic acids is 1. The highest BCUT2D eigenvalue weighted by atomic mass is 35.5. The van der Waals surface area contributed by atoms with E-state index < -0.39 is 17.7 Å². The van der Waals surface area contributed by atoms with Crippen molar-refractivity contribution in [1.82, 2.24) is 10.3 Å². The highest BCUT2D eigenvalue weighted by Gasteiger charge is 2.24. The second kappa shape index (κ2) is 7.85. The van der Waals surface area contributed by atoms with Gasteiger partial charge in [0.05, 0.1) is 16.5 Å². The molecule has 2 heterocycles. The number of nitrogens with zero attached hydrogens (tertiary/aromatic N) is 1. The average molecular weight is 439 g/mol. The van der Waals surface area contributed by atoms with Crippen molar-refractivity contribution in [3.63, 3.8) is 0 Å². The van der Waals surface area contributed by atoms with Gasteiger partial charge in [0.2, 0.25) is 5.71 Å². The van der Waals surface area contributed by atoms with Crippen LogP contribution in [0.1, 0.15) is 26.3 Å². The van der Waals surface area contributed by atoms with Gasteiger partial charge >= 0.3 is 5.97 Å². The van der Waals surface area contributed by atoms with E-state index in [0.29, 0.717) is 27.6 Å². The quantitative estimate of drug-likeness (QED) is 0.420. The number of aromatic nitrogens is 1. The van der Waals surface area contributed by atoms with Gasteiger partial charge in [-0.25, -0.2) is 14.2 Å². The van der Waals surface area contributed by atoms with E-state index in [1.165, 1.54) is 37.4 Å². The second-order valence-electron chi connectivity index (χ2n) is 6.91. The Kier molecular flexibility index (Phi) is 5.20. The molecule has 1 amide bonds. The number of hydrogen-bond donors (Lipinski definition) is 2. The summed E-state index contributed by atoms with van der Waals surface area (Å²) in [6.07, 6.45) is 0. The van der Waals surface area contributed by atoms with Crippen LogP contribution >= 0.6 is 11.6 Å². The smallest absolute Gasteiger partial charge is 0.335 e. The van der Waals surface area contributed by atoms with Gasteiger partial charge in [0.1, 0.15) is 16.7 Å². The fourth-order valence-electron chi connectivity index (χ4n) is 3.38. The molecular formula is C23H16ClFN2O4. The summed E-state index contributed by atoms with van der Waals surface area (Å²) in [5.74, 6) is -1.66. The number of fused-ring (bicyclic) bond motifs is 1. The minimum Gasteiger partial charge on any atom is -0.478 e. The number of carboxylic acids is 1. The number of rotatable bonds is 4. The third-order valence-corrected chi connectivity index (χ3v) is 5.26. The van der Waals surface area contributed by atoms with E-state index in [-0.39, 0.29) is 27.8 Å². The Bertz CT molecular complexity index is 1350. The van der Waals surface area contributed by atoms with E-state index in [1.807, 2.05) is 0 Å². The maximum absolute atomic E-state index is 13.4. The molecule has 6 nitrogen and oxygen atoms in total. The van der Waals surface area contributed by atoms with Crippen LogP contribution in [0.3, 0.4) is 0 Å². The molecule has 8 heteroatoms. The van der Waals surface area contributed by atoms with E-state index in [4.69, 9.17) is 16.0 Å². The number of nitrogens with one attached hydrogen (secondary N) is 1. The number of aromatic carboxylic acids is 1. The molecule has 0 saturated heterocycles. The van der Waals surface area contributed by atoms with Crippen LogP contribution in [0.4, 0.5) is 4.39 Å². The van der Waals surface area contributed by atoms with Crippen molar-refractivity contribution in [3.8, 4) is 22.5 Å². The third-order valence-electron chi connectivity index (χ3n) is 4.98. The molecule has 0 unspecified atom stereocenters. The molecule has 2 aromatic carbocycles. The van der Waals surface area contributed by atoms with Crippen molar-refractivity contribution in [2.75, 3.05) is 7.05 Å². The first-order valence-electron chi connectivity index (χ1n) is 9.25. The Morgan fingerprint density at radius 2 is 1.77 bits per heavy atom. The van der Waals surface area contributed by atoms with Crippen LogP contribution in [0.5, 0.6) is 0 Å². The van der Waals surface area contributed by atoms with Crippen molar-refractivity contribution >= 4 is 34.6 Å². The van der Waals surface area contributed by atoms with E-state index in [1.54, 1.807) is 25.1 Å². The molecule has 4 rings (SSSR count). The number of halogens is 2. The Morgan fingerprint density at radius 3 is 2.42 bits per heavy atom. The minimum absolute atomic E-state index is 0.0931. The number of benzene rings is 2. The normalized spacial score (nSPS) is 11.0. The maximum Gasteiger partial charge on any atom is 0.335 e. The molecular weight excluding hydrogens is 423 g/mol. The van der Waals surface area contributed by atoms with Gasteiger partial charge in [-0.3, -0.25) is 4.79 Å². The fourth-order valence-corrected chi connectivity index (χ4v) is 3.62. The van der Waals surface area contributed by atoms with Crippen molar-refractivity contribution in [2.24, 2.45) is 0 Å². The molecule has 4 aromatic rings. The number of pyridine rings is 1. The summed E-state index contributed by atoms with van der Waals surface area (Å²) in [5, 5.41) is 12.5. The van der Waals surface area contributed by atoms with Crippen LogP contribution in [-0.2, 0) is 0 Å². The van der Waals surface area contributed by atoms with Gasteiger partial charge < -0.3 is 14.8 Å². The summed E-state index contributed by atoms with van der Waals surface area (Å²) in [5.41, 5.74) is 2.59. The number of furan rings is 1. The van der Waals surface area contributed by atoms with Crippen LogP contribution in [-0.4, -0.2) is 29.0 Å². The predicted molar refractivity (Wildman–Crippen MR) is 115 cm³/mol. The maximum atomic E-state index is 13.4. The van der Waals surface area contributed by atoms with Crippen molar-refractivity contribution in [1.29, 1.82) is 0 Å². The fraction of sp³-hybridized carbons (Fsp3) is 0.0870. The first-order chi connectivity index (χ1) is 14.8. The monoisotopic (exact) mass is 438 g/mol. The van der Waals surface area contributed by atoms with Gasteiger partial charge in [-0.15, -0.1) is 0 Å². The molecule has 0 aliphatic carbocycles. The van der Waals surface area contributed by atoms with Crippen LogP contribution in [0.2, 0.25) is 5.15 Å². The van der Waals surface area contributed by atoms with Gasteiger partial charge in [-0.05, 0) is 54.4 Å². The van der Waals surface area contributed by atoms with Gasteiger partial charge in [0.25, 0.3) is 5.91 Å². The van der Waals surface area contributed by atoms with Gasteiger partial charge in [0, 0.05) is 18.2 Å². The van der Waals surface area contributed by atoms with Crippen LogP contribution < -0.4 is 5.32 Å². The van der Waals surface area contributed by atoms with E-state index in [0.717, 1.165) is 0 Å². The molecule has 2 aromatic heterocycles. The standard InChI is InChI=1S/C23H16ClFN2O4/c1-11-3-4-13(9-15(11)23(29)30)16-10-17-18(21(28)26-2)19(31-22(17)27-20(16)24)12-5-7-14(25)8-6-12/h3-10H,1-2H3,(H,26,28)(H,29,30). The summed E-state index contributed by atoms with van der Waals surface area (Å²) >= 11 is 6.38. The van der Waals surface area contributed by atoms with Gasteiger partial charge in [-0.2, -0.15) is 0 Å². The predicted octanol–water partition coefficient (Wildman–Crippen LogP) is 5.32. The highest BCUT2D eigenvalue weighted by Crippen LogP contribution is 2.38. The molecule has 0 bridgehead atoms. The molecule has 156 valence electrons. The SMILES string of the molecule is CNC(=O)c1c(-c2ccc(F)cc2)oc2nc(Cl)c(-c3ccc(C)c(C(=O)O)c3)cc12. The minimum atomic E-state index is -1.06. The summed E-state index contributed by atoms with van der Waals surface area (Å²) in [6, 6.07) is 12.1. The zero-order valence-corrected chi connectivity index (χ0v) is 17.2. The highest BCUT2D eigenvalue weighted by molar-refractivity contribution is 6.32. The lowest BCUT2D eigenvalue weighted by molar-refractivity contribution is 0.0696. The molecule has 0 atom stereocenters. The number of carboxylic acid groups (broad SMARTS) is 1. The Morgan fingerprint density at radius 1 is 1.10 bits per heavy atom. The average Bonchev–Trinajstić information content (AvgIpc) is 3.11. The van der Waals surface area contributed by atoms with Crippen LogP contribution in [0.25, 0.3) is 33.6 Å². The molecule has 2 N–H and O–H groups in total. The molecule has 0 fully saturated rings. The van der Waals surface area contributed by atoms with Crippen LogP contribution in [0.15, 0.2) is 52.9 Å². The second-order valence-corrected chi connectivity index (χ2v) is 7.26. The number of carbonyl (C=O) groups is 2. The summed E-state index contributed by atoms with van der Waals surface area (Å²) < 4.78 is 19.2. The van der Waals surface area contributed by atoms with Gasteiger partial charge in [0.15, 0.2) is 0 Å². The molecule has 0 saturated carbocycles. The van der Waals surface area contributed by atoms with Crippen molar-refractivity contribution < 1.29 is 23.5 Å². The Hall–Kier alpha value is -3.71. The third kappa shape index (κ3) is 3.64. The molecule has 0 aliphatic rings. The molecule has 0 aliphatic heterocycles. The molecule has 31 heavy (non-hydrogen) atoms. The largest absolute Gasteiger partial charge is 0.478 e. The number of aryl methyl sites for hydroxylation is 1. The Balaban J connectivity index is 1.98. The van der Waals surface area contributed by atoms with Crippen LogP contribution in [0, 0.1) is 12.7 Å². The van der Waals surface area contributed by atoms with E-state index in [2.05, 4.69) is 10.3 Å². The topological polar surface area (TPSA) is 92.4 Å². The van der Waals surface area contributed by atoms with Gasteiger partial charge in [-0.1, -0.05) is 23.7 Å². The number of amides is 1. The van der Waals surface area contributed by atoms with Crippen molar-refractivity contribution in [2.45, 2.75) is 6.92 Å². The Labute approximate surface area is 181 Å². The zero-order chi connectivity index (χ0) is 22.3. The first kappa shape index (κ1) is 20.6. The lowest BCUT2D eigenvalue weighted by Crippen LogP contribution is -2.18. The lowest BCUT2D eigenvalue weighted by Gasteiger charge is -2.08. The summed E-state index contributed by atoms with van der Waals surface area (Å²) in [4.78, 5) is 28.5.